The molecule has 3 nitrogen and oxygen atoms in total. The Labute approximate surface area is 80.7 Å². The molecule has 0 bridgehead atoms. The third-order valence-corrected chi connectivity index (χ3v) is 2.92. The highest BCUT2D eigenvalue weighted by Gasteiger charge is 2.64. The van der Waals surface area contributed by atoms with Crippen molar-refractivity contribution in [3.63, 3.8) is 0 Å². The number of rotatable bonds is 1. The molecule has 1 heterocycles. The molecule has 3 rings (SSSR count). The van der Waals surface area contributed by atoms with E-state index in [9.17, 15) is 9.59 Å². The molecule has 1 aliphatic carbocycles. The normalized spacial score (nSPS) is 32.6. The zero-order valence-corrected chi connectivity index (χ0v) is 7.40. The molecule has 0 spiro atoms. The average molecular weight is 188 g/mol. The van der Waals surface area contributed by atoms with Crippen LogP contribution in [0.5, 0.6) is 5.75 Å². The highest BCUT2D eigenvalue weighted by atomic mass is 16.5. The van der Waals surface area contributed by atoms with Gasteiger partial charge in [0.15, 0.2) is 17.7 Å². The fourth-order valence-electron chi connectivity index (χ4n) is 1.99. The second kappa shape index (κ2) is 2.23. The summed E-state index contributed by atoms with van der Waals surface area (Å²) in [5, 5.41) is 0. The van der Waals surface area contributed by atoms with Crippen LogP contribution in [0.1, 0.15) is 16.8 Å². The van der Waals surface area contributed by atoms with Crippen LogP contribution < -0.4 is 4.74 Å². The molecule has 0 amide bonds. The second-order valence-corrected chi connectivity index (χ2v) is 3.79. The molecule has 1 aliphatic heterocycles. The summed E-state index contributed by atoms with van der Waals surface area (Å²) in [6, 6.07) is 7.07. The quantitative estimate of drug-likeness (QED) is 0.622. The third kappa shape index (κ3) is 0.769. The van der Waals surface area contributed by atoms with Crippen LogP contribution in [0.4, 0.5) is 0 Å². The number of ketones is 1. The standard InChI is InChI=1S/C11H8O3/c12-6-11-5-8(11)10(13)7-3-1-2-4-9(7)14-11/h1-4,6,8H,5H2. The van der Waals surface area contributed by atoms with Gasteiger partial charge < -0.3 is 4.74 Å². The van der Waals surface area contributed by atoms with Gasteiger partial charge in [-0.15, -0.1) is 0 Å². The smallest absolute Gasteiger partial charge is 0.175 e. The van der Waals surface area contributed by atoms with E-state index >= 15 is 0 Å². The van der Waals surface area contributed by atoms with Crippen LogP contribution in [-0.2, 0) is 4.79 Å². The van der Waals surface area contributed by atoms with E-state index in [1.807, 2.05) is 0 Å². The van der Waals surface area contributed by atoms with Crippen LogP contribution in [0.15, 0.2) is 24.3 Å². The fraction of sp³-hybridized carbons (Fsp3) is 0.273. The Morgan fingerprint density at radius 3 is 3.00 bits per heavy atom. The number of carbonyl (C=O) groups excluding carboxylic acids is 2. The summed E-state index contributed by atoms with van der Waals surface area (Å²) in [7, 11) is 0. The predicted octanol–water partition coefficient (Wildman–Crippen LogP) is 1.22. The minimum absolute atomic E-state index is 0.0407. The van der Waals surface area contributed by atoms with E-state index in [0.29, 0.717) is 17.7 Å². The van der Waals surface area contributed by atoms with Crippen LogP contribution in [0.3, 0.4) is 0 Å². The van der Waals surface area contributed by atoms with E-state index in [4.69, 9.17) is 4.74 Å². The number of fused-ring (bicyclic) bond motifs is 2. The summed E-state index contributed by atoms with van der Waals surface area (Å²) in [6.07, 6.45) is 1.29. The Morgan fingerprint density at radius 2 is 2.21 bits per heavy atom. The molecule has 14 heavy (non-hydrogen) atoms. The summed E-state index contributed by atoms with van der Waals surface area (Å²) >= 11 is 0. The van der Waals surface area contributed by atoms with Gasteiger partial charge in [-0.2, -0.15) is 0 Å². The van der Waals surface area contributed by atoms with Gasteiger partial charge in [-0.3, -0.25) is 9.59 Å². The molecule has 3 heteroatoms. The van der Waals surface area contributed by atoms with Gasteiger partial charge in [0, 0.05) is 6.42 Å². The molecule has 0 radical (unpaired) electrons. The fourth-order valence-corrected chi connectivity index (χ4v) is 1.99. The van der Waals surface area contributed by atoms with Crippen molar-refractivity contribution < 1.29 is 14.3 Å². The Balaban J connectivity index is 2.14. The number of Topliss-reactive ketones (excluding diaryl/α,β-unsaturated/α-hetero) is 1. The first-order valence-corrected chi connectivity index (χ1v) is 4.55. The number of ether oxygens (including phenoxy) is 1. The predicted molar refractivity (Wildman–Crippen MR) is 48.3 cm³/mol. The Hall–Kier alpha value is -1.64. The number of benzene rings is 1. The summed E-state index contributed by atoms with van der Waals surface area (Å²) < 4.78 is 5.52. The number of aldehydes is 1. The molecule has 1 saturated carbocycles. The van der Waals surface area contributed by atoms with Crippen molar-refractivity contribution in [2.75, 3.05) is 0 Å². The van der Waals surface area contributed by atoms with Crippen molar-refractivity contribution in [3.8, 4) is 5.75 Å². The second-order valence-electron chi connectivity index (χ2n) is 3.79. The molecule has 1 aromatic carbocycles. The minimum atomic E-state index is -0.828. The van der Waals surface area contributed by atoms with E-state index in [1.165, 1.54) is 0 Å². The molecule has 1 fully saturated rings. The van der Waals surface area contributed by atoms with Crippen molar-refractivity contribution in [2.24, 2.45) is 5.92 Å². The number of carbonyl (C=O) groups is 2. The van der Waals surface area contributed by atoms with Crippen molar-refractivity contribution in [1.29, 1.82) is 0 Å². The largest absolute Gasteiger partial charge is 0.478 e. The molecular formula is C11H8O3. The molecule has 2 unspecified atom stereocenters. The minimum Gasteiger partial charge on any atom is -0.478 e. The molecule has 1 aromatic rings. The van der Waals surface area contributed by atoms with Gasteiger partial charge in [-0.05, 0) is 12.1 Å². The van der Waals surface area contributed by atoms with Gasteiger partial charge in [0.25, 0.3) is 0 Å². The Morgan fingerprint density at radius 1 is 1.43 bits per heavy atom. The highest BCUT2D eigenvalue weighted by molar-refractivity contribution is 6.07. The lowest BCUT2D eigenvalue weighted by atomic mass is 10.0. The SMILES string of the molecule is O=CC12CC1C(=O)c1ccccc1O2. The van der Waals surface area contributed by atoms with Gasteiger partial charge in [-0.25, -0.2) is 0 Å². The zero-order chi connectivity index (χ0) is 9.76. The summed E-state index contributed by atoms with van der Waals surface area (Å²) in [5.74, 6) is 0.340. The number of hydrogen-bond donors (Lipinski definition) is 0. The maximum atomic E-state index is 11.8. The highest BCUT2D eigenvalue weighted by Crippen LogP contribution is 2.52. The van der Waals surface area contributed by atoms with Crippen LogP contribution in [0.25, 0.3) is 0 Å². The lowest BCUT2D eigenvalue weighted by Crippen LogP contribution is -2.31. The molecule has 2 aliphatic rings. The maximum Gasteiger partial charge on any atom is 0.175 e. The van der Waals surface area contributed by atoms with E-state index in [-0.39, 0.29) is 11.7 Å². The van der Waals surface area contributed by atoms with E-state index in [0.717, 1.165) is 6.29 Å². The van der Waals surface area contributed by atoms with Crippen molar-refractivity contribution in [2.45, 2.75) is 12.0 Å². The van der Waals surface area contributed by atoms with Crippen molar-refractivity contribution >= 4 is 12.1 Å². The van der Waals surface area contributed by atoms with Gasteiger partial charge in [0.2, 0.25) is 0 Å². The molecule has 2 atom stereocenters. The van der Waals surface area contributed by atoms with E-state index in [1.54, 1.807) is 24.3 Å². The molecule has 0 saturated heterocycles. The Kier molecular flexibility index (Phi) is 1.23. The van der Waals surface area contributed by atoms with E-state index in [2.05, 4.69) is 0 Å². The lowest BCUT2D eigenvalue weighted by molar-refractivity contribution is -0.116. The van der Waals surface area contributed by atoms with Crippen LogP contribution >= 0.6 is 0 Å². The first kappa shape index (κ1) is 7.74. The number of hydrogen-bond acceptors (Lipinski definition) is 3. The molecule has 70 valence electrons. The molecular weight excluding hydrogens is 180 g/mol. The summed E-state index contributed by atoms with van der Waals surface area (Å²) in [5.41, 5.74) is -0.224. The first-order chi connectivity index (χ1) is 6.77. The molecule has 0 aromatic heterocycles. The van der Waals surface area contributed by atoms with Crippen molar-refractivity contribution in [1.82, 2.24) is 0 Å². The van der Waals surface area contributed by atoms with Gasteiger partial charge >= 0.3 is 0 Å². The van der Waals surface area contributed by atoms with Crippen LogP contribution in [0, 0.1) is 5.92 Å². The lowest BCUT2D eigenvalue weighted by Gasteiger charge is -2.20. The van der Waals surface area contributed by atoms with Crippen LogP contribution in [0.2, 0.25) is 0 Å². The van der Waals surface area contributed by atoms with Gasteiger partial charge in [-0.1, -0.05) is 12.1 Å². The van der Waals surface area contributed by atoms with Gasteiger partial charge in [0.05, 0.1) is 11.5 Å². The topological polar surface area (TPSA) is 43.4 Å². The van der Waals surface area contributed by atoms with Gasteiger partial charge in [0.1, 0.15) is 5.75 Å². The monoisotopic (exact) mass is 188 g/mol. The van der Waals surface area contributed by atoms with Crippen molar-refractivity contribution in [3.05, 3.63) is 29.8 Å². The zero-order valence-electron chi connectivity index (χ0n) is 7.40. The number of para-hydroxylation sites is 1. The van der Waals surface area contributed by atoms with E-state index < -0.39 is 5.60 Å². The third-order valence-electron chi connectivity index (χ3n) is 2.92. The summed E-state index contributed by atoms with van der Waals surface area (Å²) in [4.78, 5) is 22.6. The first-order valence-electron chi connectivity index (χ1n) is 4.55. The van der Waals surface area contributed by atoms with Crippen LogP contribution in [-0.4, -0.2) is 17.7 Å². The molecule has 0 N–H and O–H groups in total. The average Bonchev–Trinajstić information content (AvgIpc) is 2.94. The maximum absolute atomic E-state index is 11.8. The Bertz CT molecular complexity index is 438. The summed E-state index contributed by atoms with van der Waals surface area (Å²) in [6.45, 7) is 0.